The van der Waals surface area contributed by atoms with Crippen molar-refractivity contribution in [2.75, 3.05) is 62.0 Å². The van der Waals surface area contributed by atoms with Crippen LogP contribution in [0.15, 0.2) is 41.3 Å². The maximum atomic E-state index is 13.0. The highest BCUT2D eigenvalue weighted by Crippen LogP contribution is 2.27. The van der Waals surface area contributed by atoms with Crippen LogP contribution in [0.25, 0.3) is 11.0 Å². The van der Waals surface area contributed by atoms with Gasteiger partial charge in [-0.15, -0.1) is 0 Å². The van der Waals surface area contributed by atoms with Gasteiger partial charge in [-0.1, -0.05) is 32.0 Å². The Morgan fingerprint density at radius 1 is 1.10 bits per heavy atom. The van der Waals surface area contributed by atoms with E-state index < -0.39 is 0 Å². The second kappa shape index (κ2) is 11.5. The number of rotatable bonds is 8. The van der Waals surface area contributed by atoms with Crippen molar-refractivity contribution in [2.24, 2.45) is 0 Å². The van der Waals surface area contributed by atoms with Crippen molar-refractivity contribution in [1.29, 1.82) is 0 Å². The maximum Gasteiger partial charge on any atom is 0.256 e. The molecule has 1 aliphatic rings. The van der Waals surface area contributed by atoms with Crippen molar-refractivity contribution < 1.29 is 14.1 Å². The SMILES string of the molecule is COCCN1CCN(c2ncc3ncnc(Nc4cc(C(=O)Nc5cc(C(C)(C)C)on5)ccc4C)c3n2)CC1. The van der Waals surface area contributed by atoms with Crippen molar-refractivity contribution >= 4 is 40.2 Å². The van der Waals surface area contributed by atoms with Gasteiger partial charge >= 0.3 is 0 Å². The van der Waals surface area contributed by atoms with Crippen LogP contribution in [-0.4, -0.2) is 82.3 Å². The Morgan fingerprint density at radius 2 is 1.90 bits per heavy atom. The summed E-state index contributed by atoms with van der Waals surface area (Å²) in [5.74, 6) is 1.95. The molecular weight excluding hydrogens is 510 g/mol. The van der Waals surface area contributed by atoms with Crippen molar-refractivity contribution in [1.82, 2.24) is 30.0 Å². The van der Waals surface area contributed by atoms with Crippen LogP contribution >= 0.6 is 0 Å². The Bertz CT molecular complexity index is 1490. The van der Waals surface area contributed by atoms with Crippen LogP contribution in [0, 0.1) is 6.92 Å². The molecule has 0 spiro atoms. The highest BCUT2D eigenvalue weighted by atomic mass is 16.5. The average molecular weight is 546 g/mol. The number of piperazine rings is 1. The van der Waals surface area contributed by atoms with E-state index in [9.17, 15) is 4.79 Å². The minimum absolute atomic E-state index is 0.209. The second-order valence-electron chi connectivity index (χ2n) is 10.9. The Hall–Kier alpha value is -4.16. The summed E-state index contributed by atoms with van der Waals surface area (Å²) in [6.07, 6.45) is 3.20. The number of amides is 1. The summed E-state index contributed by atoms with van der Waals surface area (Å²) in [5.41, 5.74) is 3.18. The number of hydrogen-bond donors (Lipinski definition) is 2. The molecule has 0 saturated carbocycles. The van der Waals surface area contributed by atoms with Crippen LogP contribution in [0.5, 0.6) is 0 Å². The number of benzene rings is 1. The van der Waals surface area contributed by atoms with Crippen molar-refractivity contribution in [3.63, 3.8) is 0 Å². The average Bonchev–Trinajstić information content (AvgIpc) is 3.42. The number of aromatic nitrogens is 5. The van der Waals surface area contributed by atoms with Crippen LogP contribution in [-0.2, 0) is 10.2 Å². The first kappa shape index (κ1) is 27.4. The lowest BCUT2D eigenvalue weighted by atomic mass is 9.93. The molecular formula is C28H35N9O3. The van der Waals surface area contributed by atoms with Gasteiger partial charge in [-0.2, -0.15) is 0 Å². The molecule has 0 aliphatic carbocycles. The number of methoxy groups -OCH3 is 1. The molecule has 0 radical (unpaired) electrons. The molecule has 0 unspecified atom stereocenters. The Labute approximate surface area is 233 Å². The number of nitrogens with zero attached hydrogens (tertiary/aromatic N) is 7. The van der Waals surface area contributed by atoms with E-state index in [4.69, 9.17) is 14.2 Å². The fraction of sp³-hybridized carbons (Fsp3) is 0.429. The lowest BCUT2D eigenvalue weighted by Gasteiger charge is -2.34. The number of hydrogen-bond acceptors (Lipinski definition) is 11. The molecule has 12 nitrogen and oxygen atoms in total. The van der Waals surface area contributed by atoms with E-state index in [-0.39, 0.29) is 11.3 Å². The second-order valence-corrected chi connectivity index (χ2v) is 10.9. The number of anilines is 4. The number of nitrogens with one attached hydrogen (secondary N) is 2. The minimum Gasteiger partial charge on any atom is -0.383 e. The fourth-order valence-corrected chi connectivity index (χ4v) is 4.38. The molecule has 4 aromatic rings. The lowest BCUT2D eigenvalue weighted by molar-refractivity contribution is 0.102. The van der Waals surface area contributed by atoms with Gasteiger partial charge in [0.25, 0.3) is 5.91 Å². The summed E-state index contributed by atoms with van der Waals surface area (Å²) in [6.45, 7) is 13.1. The topological polar surface area (TPSA) is 134 Å². The predicted octanol–water partition coefficient (Wildman–Crippen LogP) is 3.78. The molecule has 0 atom stereocenters. The molecule has 3 aromatic heterocycles. The zero-order valence-electron chi connectivity index (χ0n) is 23.6. The monoisotopic (exact) mass is 545 g/mol. The molecule has 1 saturated heterocycles. The zero-order valence-corrected chi connectivity index (χ0v) is 23.6. The highest BCUT2D eigenvalue weighted by molar-refractivity contribution is 6.04. The molecule has 1 aromatic carbocycles. The van der Waals surface area contributed by atoms with E-state index in [0.29, 0.717) is 39.9 Å². The first-order valence-corrected chi connectivity index (χ1v) is 13.3. The Balaban J connectivity index is 1.34. The Kier molecular flexibility index (Phi) is 7.90. The molecule has 210 valence electrons. The van der Waals surface area contributed by atoms with Crippen LogP contribution in [0.4, 0.5) is 23.3 Å². The fourth-order valence-electron chi connectivity index (χ4n) is 4.38. The van der Waals surface area contributed by atoms with Gasteiger partial charge in [0, 0.05) is 62.6 Å². The zero-order chi connectivity index (χ0) is 28.3. The van der Waals surface area contributed by atoms with Crippen LogP contribution in [0.1, 0.15) is 42.5 Å². The molecule has 0 bridgehead atoms. The maximum absolute atomic E-state index is 13.0. The number of fused-ring (bicyclic) bond motifs is 1. The quantitative estimate of drug-likeness (QED) is 0.335. The lowest BCUT2D eigenvalue weighted by Crippen LogP contribution is -2.47. The highest BCUT2D eigenvalue weighted by Gasteiger charge is 2.22. The molecule has 5 rings (SSSR count). The van der Waals surface area contributed by atoms with Crippen molar-refractivity contribution in [2.45, 2.75) is 33.1 Å². The van der Waals surface area contributed by atoms with Gasteiger partial charge in [-0.25, -0.2) is 19.9 Å². The summed E-state index contributed by atoms with van der Waals surface area (Å²) < 4.78 is 10.6. The summed E-state index contributed by atoms with van der Waals surface area (Å²) in [7, 11) is 1.72. The first-order chi connectivity index (χ1) is 19.2. The molecule has 12 heteroatoms. The van der Waals surface area contributed by atoms with Crippen molar-refractivity contribution in [3.8, 4) is 0 Å². The van der Waals surface area contributed by atoms with Gasteiger partial charge in [0.2, 0.25) is 5.95 Å². The third-order valence-corrected chi connectivity index (χ3v) is 6.88. The van der Waals surface area contributed by atoms with Gasteiger partial charge in [-0.05, 0) is 24.6 Å². The van der Waals surface area contributed by atoms with Gasteiger partial charge in [0.1, 0.15) is 23.1 Å². The molecule has 1 amide bonds. The van der Waals surface area contributed by atoms with E-state index in [2.05, 4.69) is 40.5 Å². The van der Waals surface area contributed by atoms with Gasteiger partial charge in [-0.3, -0.25) is 9.69 Å². The molecule has 1 fully saturated rings. The number of carbonyl (C=O) groups is 1. The molecule has 1 aliphatic heterocycles. The van der Waals surface area contributed by atoms with Crippen LogP contribution in [0.2, 0.25) is 0 Å². The van der Waals surface area contributed by atoms with E-state index in [1.54, 1.807) is 31.5 Å². The van der Waals surface area contributed by atoms with E-state index in [0.717, 1.165) is 50.6 Å². The minimum atomic E-state index is -0.293. The molecule has 2 N–H and O–H groups in total. The molecule has 4 heterocycles. The number of ether oxygens (including phenoxy) is 1. The van der Waals surface area contributed by atoms with Crippen LogP contribution < -0.4 is 15.5 Å². The van der Waals surface area contributed by atoms with E-state index in [1.807, 2.05) is 33.8 Å². The summed E-state index contributed by atoms with van der Waals surface area (Å²) >= 11 is 0. The largest absolute Gasteiger partial charge is 0.383 e. The van der Waals surface area contributed by atoms with Gasteiger partial charge in [0.05, 0.1) is 12.8 Å². The smallest absolute Gasteiger partial charge is 0.256 e. The van der Waals surface area contributed by atoms with E-state index >= 15 is 0 Å². The Morgan fingerprint density at radius 3 is 2.62 bits per heavy atom. The normalized spacial score (nSPS) is 14.5. The standard InChI is InChI=1S/C28H35N9O3/c1-18-6-7-19(26(38)33-23-15-22(40-35-23)28(2,3)4)14-20(18)32-25-24-21(30-17-31-25)16-29-27(34-24)37-10-8-36(9-11-37)12-13-39-5/h6-7,14-17H,8-13H2,1-5H3,(H,30,31,32)(H,33,35,38). The molecule has 40 heavy (non-hydrogen) atoms. The van der Waals surface area contributed by atoms with E-state index in [1.165, 1.54) is 6.33 Å². The first-order valence-electron chi connectivity index (χ1n) is 13.3. The summed E-state index contributed by atoms with van der Waals surface area (Å²) in [4.78, 5) is 35.8. The van der Waals surface area contributed by atoms with Gasteiger partial charge < -0.3 is 24.8 Å². The summed E-state index contributed by atoms with van der Waals surface area (Å²) in [5, 5.41) is 10.2. The van der Waals surface area contributed by atoms with Crippen molar-refractivity contribution in [3.05, 3.63) is 53.7 Å². The number of carbonyl (C=O) groups excluding carboxylic acids is 1. The van der Waals surface area contributed by atoms with Crippen LogP contribution in [0.3, 0.4) is 0 Å². The predicted molar refractivity (Wildman–Crippen MR) is 153 cm³/mol. The third-order valence-electron chi connectivity index (χ3n) is 6.88. The van der Waals surface area contributed by atoms with Gasteiger partial charge in [0.15, 0.2) is 11.6 Å². The summed E-state index contributed by atoms with van der Waals surface area (Å²) in [6, 6.07) is 7.18. The number of aryl methyl sites for hydroxylation is 1. The third kappa shape index (κ3) is 6.18.